The molecule has 0 saturated carbocycles. The van der Waals surface area contributed by atoms with Gasteiger partial charge in [0.1, 0.15) is 0 Å². The molecule has 7 heteroatoms. The summed E-state index contributed by atoms with van der Waals surface area (Å²) in [6, 6.07) is 0. The van der Waals surface area contributed by atoms with Gasteiger partial charge in [-0.2, -0.15) is 0 Å². The Bertz CT molecular complexity index is 109. The van der Waals surface area contributed by atoms with Crippen molar-refractivity contribution < 1.29 is 28.0 Å². The van der Waals surface area contributed by atoms with E-state index in [0.717, 1.165) is 0 Å². The minimum atomic E-state index is -4.81. The molecule has 0 aromatic carbocycles. The molecule has 4 nitrogen and oxygen atoms in total. The molecule has 0 heterocycles. The van der Waals surface area contributed by atoms with Crippen molar-refractivity contribution in [3.05, 3.63) is 12.9 Å². The van der Waals surface area contributed by atoms with Crippen LogP contribution in [-0.4, -0.2) is 9.79 Å². The molecule has 0 spiro atoms. The Morgan fingerprint density at radius 1 is 1.67 bits per heavy atom. The third-order valence-corrected chi connectivity index (χ3v) is 0.270. The van der Waals surface area contributed by atoms with Crippen LogP contribution in [0.25, 0.3) is 0 Å². The largest absolute Gasteiger partial charge is 0.500 e. The fourth-order valence-electron chi connectivity index (χ4n) is 0. The second-order valence-corrected chi connectivity index (χ2v) is 1.83. The highest BCUT2D eigenvalue weighted by Gasteiger charge is 2.12. The molecule has 0 aliphatic heterocycles. The highest BCUT2D eigenvalue weighted by atomic mass is 31.2. The molecule has 0 rings (SSSR count). The highest BCUT2D eigenvalue weighted by molar-refractivity contribution is 7.46. The zero-order valence-electron chi connectivity index (χ0n) is 4.20. The van der Waals surface area contributed by atoms with Crippen LogP contribution in [0.3, 0.4) is 0 Å². The lowest BCUT2D eigenvalue weighted by atomic mass is 11.2. The van der Waals surface area contributed by atoms with Crippen molar-refractivity contribution in [3.8, 4) is 0 Å². The lowest BCUT2D eigenvalue weighted by molar-refractivity contribution is -0.0389. The molecule has 56 valence electrons. The molecule has 9 heavy (non-hydrogen) atoms. The number of phosphoric acid groups is 1. The molecule has 0 bridgehead atoms. The molecule has 2 N–H and O–H groups in total. The van der Waals surface area contributed by atoms with Crippen LogP contribution in [0.4, 0.5) is 8.92 Å². The average molecular weight is 162 g/mol. The summed E-state index contributed by atoms with van der Waals surface area (Å²) in [5.74, 6) is 0. The third-order valence-electron chi connectivity index (χ3n) is 0.0899. The second-order valence-electron chi connectivity index (χ2n) is 0.714. The van der Waals surface area contributed by atoms with Crippen molar-refractivity contribution in [1.29, 1.82) is 0 Å². The monoisotopic (exact) mass is 162 g/mol. The normalized spacial score (nSPS) is 9.33. The maximum atomic E-state index is 10.2. The van der Waals surface area contributed by atoms with Crippen molar-refractivity contribution in [1.82, 2.24) is 0 Å². The summed E-state index contributed by atoms with van der Waals surface area (Å²) < 4.78 is 31.5. The van der Waals surface area contributed by atoms with Gasteiger partial charge in [0.05, 0.1) is 6.33 Å². The van der Waals surface area contributed by atoms with Crippen LogP contribution in [0.5, 0.6) is 0 Å². The van der Waals surface area contributed by atoms with E-state index >= 15 is 0 Å². The van der Waals surface area contributed by atoms with E-state index in [-0.39, 0.29) is 6.33 Å². The first kappa shape index (κ1) is 11.5. The van der Waals surface area contributed by atoms with Crippen LogP contribution in [0.1, 0.15) is 0 Å². The topological polar surface area (TPSA) is 66.8 Å². The maximum absolute atomic E-state index is 10.2. The van der Waals surface area contributed by atoms with Crippen molar-refractivity contribution >= 4 is 7.82 Å². The van der Waals surface area contributed by atoms with Gasteiger partial charge in [0.15, 0.2) is 0 Å². The van der Waals surface area contributed by atoms with Gasteiger partial charge >= 0.3 is 7.82 Å². The Hall–Kier alpha value is -0.290. The minimum absolute atomic E-state index is 0.250. The molecule has 0 aromatic rings. The van der Waals surface area contributed by atoms with Crippen LogP contribution < -0.4 is 0 Å². The predicted molar refractivity (Wildman–Crippen MR) is 25.5 cm³/mol. The van der Waals surface area contributed by atoms with E-state index in [9.17, 15) is 8.92 Å². The van der Waals surface area contributed by atoms with E-state index in [4.69, 9.17) is 14.4 Å². The number of hydrogen-bond donors (Lipinski definition) is 2. The Kier molecular flexibility index (Phi) is 7.46. The lowest BCUT2D eigenvalue weighted by Gasteiger charge is -1.87. The van der Waals surface area contributed by atoms with E-state index in [0.29, 0.717) is 0 Å². The van der Waals surface area contributed by atoms with Gasteiger partial charge in [-0.1, -0.05) is 11.3 Å². The molecule has 0 amide bonds. The fraction of sp³-hybridized carbons (Fsp3) is 0. The Morgan fingerprint density at radius 3 is 1.78 bits per heavy atom. The van der Waals surface area contributed by atoms with Gasteiger partial charge in [0.2, 0.25) is 0 Å². The molecule has 0 aliphatic carbocycles. The molecule has 0 unspecified atom stereocenters. The van der Waals surface area contributed by atoms with Crippen LogP contribution >= 0.6 is 7.82 Å². The van der Waals surface area contributed by atoms with Crippen LogP contribution in [0.15, 0.2) is 12.9 Å². The number of hydrogen-bond acceptors (Lipinski definition) is 2. The van der Waals surface area contributed by atoms with Crippen LogP contribution in [0, 0.1) is 0 Å². The van der Waals surface area contributed by atoms with Gasteiger partial charge in [-0.15, -0.1) is 0 Å². The first-order valence-electron chi connectivity index (χ1n) is 1.55. The summed E-state index contributed by atoms with van der Waals surface area (Å²) in [6.07, 6.45) is 0.250. The predicted octanol–water partition coefficient (Wildman–Crippen LogP) is 1.08. The number of rotatable bonds is 1. The molecule has 0 aromatic heterocycles. The molecular weight excluding hydrogens is 157 g/mol. The van der Waals surface area contributed by atoms with Gasteiger partial charge in [0.25, 0.3) is 0 Å². The van der Waals surface area contributed by atoms with Gasteiger partial charge in [-0.05, 0) is 4.53 Å². The second kappa shape index (κ2) is 5.84. The summed E-state index contributed by atoms with van der Waals surface area (Å²) >= 11 is 0. The smallest absolute Gasteiger partial charge is 0.301 e. The summed E-state index contributed by atoms with van der Waals surface area (Å²) in [4.78, 5) is 14.7. The fourth-order valence-corrected chi connectivity index (χ4v) is 0. The summed E-state index contributed by atoms with van der Waals surface area (Å²) in [5.41, 5.74) is 0. The minimum Gasteiger partial charge on any atom is -0.301 e. The summed E-state index contributed by atoms with van der Waals surface area (Å²) in [5, 5.41) is 0. The molecule has 0 atom stereocenters. The highest BCUT2D eigenvalue weighted by Crippen LogP contribution is 2.35. The van der Waals surface area contributed by atoms with E-state index in [1.54, 1.807) is 0 Å². The van der Waals surface area contributed by atoms with Crippen molar-refractivity contribution in [2.45, 2.75) is 0 Å². The van der Waals surface area contributed by atoms with E-state index in [1.807, 2.05) is 0 Å². The first-order chi connectivity index (χ1) is 3.97. The molecule has 0 fully saturated rings. The number of halogens is 2. The summed E-state index contributed by atoms with van der Waals surface area (Å²) in [7, 11) is -4.81. The van der Waals surface area contributed by atoms with Crippen LogP contribution in [0.2, 0.25) is 0 Å². The van der Waals surface area contributed by atoms with Gasteiger partial charge < -0.3 is 9.79 Å². The molecule has 0 saturated heterocycles. The Balaban J connectivity index is 0. The van der Waals surface area contributed by atoms with Crippen molar-refractivity contribution in [2.75, 3.05) is 0 Å². The maximum Gasteiger partial charge on any atom is 0.500 e. The van der Waals surface area contributed by atoms with Gasteiger partial charge in [0, 0.05) is 0 Å². The zero-order valence-corrected chi connectivity index (χ0v) is 5.09. The van der Waals surface area contributed by atoms with Crippen LogP contribution in [-0.2, 0) is 9.29 Å². The van der Waals surface area contributed by atoms with Gasteiger partial charge in [-0.25, -0.2) is 8.96 Å². The Labute approximate surface area is 49.9 Å². The van der Waals surface area contributed by atoms with Gasteiger partial charge in [-0.3, -0.25) is 0 Å². The van der Waals surface area contributed by atoms with Crippen molar-refractivity contribution in [2.24, 2.45) is 0 Å². The van der Waals surface area contributed by atoms with E-state index < -0.39 is 7.82 Å². The van der Waals surface area contributed by atoms with E-state index in [1.165, 1.54) is 0 Å². The lowest BCUT2D eigenvalue weighted by Crippen LogP contribution is -1.71. The Morgan fingerprint density at radius 2 is 1.78 bits per heavy atom. The SMILES string of the molecule is C=CF.O=P(O)(O)OF. The average Bonchev–Trinajstić information content (AvgIpc) is 1.67. The molecular formula is C2H5F2O4P. The zero-order chi connectivity index (χ0) is 7.91. The third kappa shape index (κ3) is 34.2. The van der Waals surface area contributed by atoms with E-state index in [2.05, 4.69) is 11.3 Å². The first-order valence-corrected chi connectivity index (χ1v) is 3.08. The standard InChI is InChI=1S/C2H3F.FH2O4P/c1-2-3;1-5-6(2,3)4/h2H,1H2;(H2,2,3,4). The quantitative estimate of drug-likeness (QED) is 0.566. The van der Waals surface area contributed by atoms with Crippen molar-refractivity contribution in [3.63, 3.8) is 0 Å². The molecule has 0 aliphatic rings. The summed E-state index contributed by atoms with van der Waals surface area (Å²) in [6.45, 7) is 2.69. The molecule has 0 radical (unpaired) electrons.